The highest BCUT2D eigenvalue weighted by Crippen LogP contribution is 2.60. The van der Waals surface area contributed by atoms with Crippen molar-refractivity contribution in [2.24, 2.45) is 5.41 Å². The van der Waals surface area contributed by atoms with Crippen molar-refractivity contribution in [3.63, 3.8) is 0 Å². The molecule has 0 unspecified atom stereocenters. The van der Waals surface area contributed by atoms with Crippen LogP contribution in [0.4, 0.5) is 0 Å². The first-order chi connectivity index (χ1) is 17.0. The van der Waals surface area contributed by atoms with Gasteiger partial charge in [0.1, 0.15) is 12.1 Å². The summed E-state index contributed by atoms with van der Waals surface area (Å²) in [7, 11) is 0. The summed E-state index contributed by atoms with van der Waals surface area (Å²) in [6.07, 6.45) is 16.3. The standard InChI is InChI=1S/C32H39ClN2/c1-3-5-6-14-31-15-18-32(19-16-31,20-17-31)29-13-12-25(27(22-34)28(29)23-35)10-11-26-9-8-24(7-4-2)21-30(26)33/h8-9,12-13,21H,3-7,10-11,14-20H2,1-2H3. The van der Waals surface area contributed by atoms with E-state index in [4.69, 9.17) is 11.6 Å². The van der Waals surface area contributed by atoms with Crippen LogP contribution < -0.4 is 0 Å². The van der Waals surface area contributed by atoms with Crippen molar-refractivity contribution >= 4 is 11.6 Å². The molecule has 3 aliphatic carbocycles. The molecule has 0 heterocycles. The zero-order valence-electron chi connectivity index (χ0n) is 21.6. The molecule has 5 rings (SSSR count). The third-order valence-electron chi connectivity index (χ3n) is 9.12. The zero-order valence-corrected chi connectivity index (χ0v) is 22.3. The zero-order chi connectivity index (χ0) is 24.9. The number of aryl methyl sites for hydroxylation is 3. The Balaban J connectivity index is 1.53. The SMILES string of the molecule is CCCCCC12CCC(c3ccc(CCc4ccc(CCC)cc4Cl)c(C#N)c3C#N)(CC1)CC2. The highest BCUT2D eigenvalue weighted by atomic mass is 35.5. The van der Waals surface area contributed by atoms with Gasteiger partial charge in [-0.3, -0.25) is 0 Å². The molecule has 2 nitrogen and oxygen atoms in total. The fraction of sp³-hybridized carbons (Fsp3) is 0.562. The largest absolute Gasteiger partial charge is 0.192 e. The molecule has 0 N–H and O–H groups in total. The third kappa shape index (κ3) is 5.29. The van der Waals surface area contributed by atoms with Gasteiger partial charge in [-0.25, -0.2) is 0 Å². The number of nitrogens with zero attached hydrogens (tertiary/aromatic N) is 2. The normalized spacial score (nSPS) is 23.1. The lowest BCUT2D eigenvalue weighted by Crippen LogP contribution is -2.44. The van der Waals surface area contributed by atoms with Gasteiger partial charge in [0, 0.05) is 5.02 Å². The molecule has 3 fully saturated rings. The summed E-state index contributed by atoms with van der Waals surface area (Å²) in [5, 5.41) is 21.1. The van der Waals surface area contributed by atoms with E-state index in [1.165, 1.54) is 50.5 Å². The van der Waals surface area contributed by atoms with Crippen molar-refractivity contribution in [1.82, 2.24) is 0 Å². The fourth-order valence-corrected chi connectivity index (χ4v) is 7.14. The second-order valence-electron chi connectivity index (χ2n) is 11.2. The van der Waals surface area contributed by atoms with Gasteiger partial charge in [0.2, 0.25) is 0 Å². The maximum absolute atomic E-state index is 10.2. The van der Waals surface area contributed by atoms with Crippen molar-refractivity contribution in [1.29, 1.82) is 10.5 Å². The lowest BCUT2D eigenvalue weighted by atomic mass is 9.50. The number of halogens is 1. The molecule has 2 bridgehead atoms. The summed E-state index contributed by atoms with van der Waals surface area (Å²) in [4.78, 5) is 0. The van der Waals surface area contributed by atoms with Crippen molar-refractivity contribution in [3.8, 4) is 12.1 Å². The molecule has 184 valence electrons. The first kappa shape index (κ1) is 25.8. The first-order valence-electron chi connectivity index (χ1n) is 13.7. The third-order valence-corrected chi connectivity index (χ3v) is 9.47. The minimum atomic E-state index is 0.0834. The second-order valence-corrected chi connectivity index (χ2v) is 11.6. The van der Waals surface area contributed by atoms with Gasteiger partial charge in [-0.2, -0.15) is 10.5 Å². The minimum absolute atomic E-state index is 0.0834. The van der Waals surface area contributed by atoms with Crippen molar-refractivity contribution in [2.45, 2.75) is 109 Å². The lowest BCUT2D eigenvalue weighted by Gasteiger charge is -2.54. The molecule has 3 saturated carbocycles. The molecule has 2 aromatic rings. The van der Waals surface area contributed by atoms with E-state index in [-0.39, 0.29) is 5.41 Å². The van der Waals surface area contributed by atoms with Crippen LogP contribution in [0, 0.1) is 28.1 Å². The van der Waals surface area contributed by atoms with Gasteiger partial charge in [-0.15, -0.1) is 0 Å². The fourth-order valence-electron chi connectivity index (χ4n) is 6.84. The van der Waals surface area contributed by atoms with Crippen LogP contribution in [0.15, 0.2) is 30.3 Å². The van der Waals surface area contributed by atoms with E-state index in [0.29, 0.717) is 16.5 Å². The predicted molar refractivity (Wildman–Crippen MR) is 145 cm³/mol. The number of unbranched alkanes of at least 4 members (excludes halogenated alkanes) is 2. The monoisotopic (exact) mass is 486 g/mol. The molecule has 0 amide bonds. The number of hydrogen-bond acceptors (Lipinski definition) is 2. The molecule has 0 saturated heterocycles. The van der Waals surface area contributed by atoms with Gasteiger partial charge < -0.3 is 0 Å². The van der Waals surface area contributed by atoms with E-state index >= 15 is 0 Å². The Morgan fingerprint density at radius 2 is 1.43 bits per heavy atom. The average Bonchev–Trinajstić information content (AvgIpc) is 2.89. The molecular formula is C32H39ClN2. The van der Waals surface area contributed by atoms with Crippen LogP contribution in [-0.2, 0) is 24.7 Å². The maximum Gasteiger partial charge on any atom is 0.101 e. The molecule has 3 aliphatic rings. The van der Waals surface area contributed by atoms with E-state index < -0.39 is 0 Å². The van der Waals surface area contributed by atoms with Crippen LogP contribution in [0.1, 0.15) is 118 Å². The van der Waals surface area contributed by atoms with Gasteiger partial charge in [-0.05, 0) is 103 Å². The van der Waals surface area contributed by atoms with E-state index in [1.54, 1.807) is 0 Å². The summed E-state index contributed by atoms with van der Waals surface area (Å²) >= 11 is 6.57. The molecule has 0 aromatic heterocycles. The van der Waals surface area contributed by atoms with Gasteiger partial charge >= 0.3 is 0 Å². The summed E-state index contributed by atoms with van der Waals surface area (Å²) < 4.78 is 0. The highest BCUT2D eigenvalue weighted by molar-refractivity contribution is 6.31. The summed E-state index contributed by atoms with van der Waals surface area (Å²) in [6.45, 7) is 4.45. The van der Waals surface area contributed by atoms with E-state index in [9.17, 15) is 10.5 Å². The number of benzene rings is 2. The number of nitriles is 2. The molecule has 0 spiro atoms. The molecule has 2 aromatic carbocycles. The van der Waals surface area contributed by atoms with Crippen LogP contribution in [-0.4, -0.2) is 0 Å². The Labute approximate surface area is 217 Å². The van der Waals surface area contributed by atoms with E-state index in [1.807, 2.05) is 0 Å². The molecule has 0 aliphatic heterocycles. The lowest BCUT2D eigenvalue weighted by molar-refractivity contribution is 0.0304. The van der Waals surface area contributed by atoms with Crippen LogP contribution >= 0.6 is 11.6 Å². The van der Waals surface area contributed by atoms with Crippen LogP contribution in [0.3, 0.4) is 0 Å². The Bertz CT molecular complexity index is 1110. The van der Waals surface area contributed by atoms with Gasteiger partial charge in [-0.1, -0.05) is 75.4 Å². The number of rotatable bonds is 10. The number of fused-ring (bicyclic) bond motifs is 3. The van der Waals surface area contributed by atoms with E-state index in [2.05, 4.69) is 56.3 Å². The molecular weight excluding hydrogens is 448 g/mol. The quantitative estimate of drug-likeness (QED) is 0.314. The van der Waals surface area contributed by atoms with Gasteiger partial charge in [0.05, 0.1) is 11.1 Å². The first-order valence-corrected chi connectivity index (χ1v) is 14.1. The van der Waals surface area contributed by atoms with Crippen molar-refractivity contribution < 1.29 is 0 Å². The van der Waals surface area contributed by atoms with E-state index in [0.717, 1.165) is 66.7 Å². The van der Waals surface area contributed by atoms with Gasteiger partial charge in [0.25, 0.3) is 0 Å². The minimum Gasteiger partial charge on any atom is -0.192 e. The highest BCUT2D eigenvalue weighted by Gasteiger charge is 2.49. The molecule has 3 heteroatoms. The summed E-state index contributed by atoms with van der Waals surface area (Å²) in [5.74, 6) is 0. The molecule has 0 radical (unpaired) electrons. The van der Waals surface area contributed by atoms with Crippen LogP contribution in [0.5, 0.6) is 0 Å². The smallest absolute Gasteiger partial charge is 0.101 e. The Morgan fingerprint density at radius 1 is 0.771 bits per heavy atom. The second kappa shape index (κ2) is 11.2. The topological polar surface area (TPSA) is 47.6 Å². The summed E-state index contributed by atoms with van der Waals surface area (Å²) in [6, 6.07) is 15.5. The number of hydrogen-bond donors (Lipinski definition) is 0. The van der Waals surface area contributed by atoms with Crippen LogP contribution in [0.25, 0.3) is 0 Å². The van der Waals surface area contributed by atoms with Crippen LogP contribution in [0.2, 0.25) is 5.02 Å². The average molecular weight is 487 g/mol. The predicted octanol–water partition coefficient (Wildman–Crippen LogP) is 8.99. The Morgan fingerprint density at radius 3 is 2.03 bits per heavy atom. The van der Waals surface area contributed by atoms with Crippen molar-refractivity contribution in [3.05, 3.63) is 68.7 Å². The summed E-state index contributed by atoms with van der Waals surface area (Å²) in [5.41, 5.74) is 6.33. The van der Waals surface area contributed by atoms with Gasteiger partial charge in [0.15, 0.2) is 0 Å². The molecule has 0 atom stereocenters. The van der Waals surface area contributed by atoms with Crippen molar-refractivity contribution in [2.75, 3.05) is 0 Å². The Kier molecular flexibility index (Phi) is 8.24. The molecule has 35 heavy (non-hydrogen) atoms. The Hall–Kier alpha value is -2.29. The maximum atomic E-state index is 10.2.